The average Bonchev–Trinajstić information content (AvgIpc) is 2.82. The standard InChI is InChI=1S/C13H16N4O/c1-9-10(4-7-18-9)8-16-12-3-2-11-13(17-12)15-6-5-14-11/h2-3,5-6,9-10H,4,7-8H2,1H3,(H,15,16,17). The minimum atomic E-state index is 0.331. The van der Waals surface area contributed by atoms with Gasteiger partial charge in [0.05, 0.1) is 6.10 Å². The zero-order chi connectivity index (χ0) is 12.4. The zero-order valence-corrected chi connectivity index (χ0v) is 10.3. The fraction of sp³-hybridized carbons (Fsp3) is 0.462. The highest BCUT2D eigenvalue weighted by molar-refractivity contribution is 5.71. The minimum Gasteiger partial charge on any atom is -0.378 e. The molecule has 1 saturated heterocycles. The van der Waals surface area contributed by atoms with Crippen LogP contribution in [0.4, 0.5) is 5.82 Å². The van der Waals surface area contributed by atoms with Crippen molar-refractivity contribution in [1.82, 2.24) is 15.0 Å². The van der Waals surface area contributed by atoms with Crippen LogP contribution in [0.5, 0.6) is 0 Å². The van der Waals surface area contributed by atoms with Gasteiger partial charge in [-0.1, -0.05) is 0 Å². The molecule has 94 valence electrons. The van der Waals surface area contributed by atoms with E-state index >= 15 is 0 Å². The summed E-state index contributed by atoms with van der Waals surface area (Å²) in [5.74, 6) is 1.41. The van der Waals surface area contributed by atoms with Gasteiger partial charge in [-0.2, -0.15) is 0 Å². The summed E-state index contributed by atoms with van der Waals surface area (Å²) in [6, 6.07) is 3.88. The third-order valence-electron chi connectivity index (χ3n) is 3.41. The van der Waals surface area contributed by atoms with E-state index < -0.39 is 0 Å². The number of hydrogen-bond donors (Lipinski definition) is 1. The van der Waals surface area contributed by atoms with E-state index in [9.17, 15) is 0 Å². The number of nitrogens with zero attached hydrogens (tertiary/aromatic N) is 3. The maximum absolute atomic E-state index is 5.54. The first kappa shape index (κ1) is 11.3. The molecule has 2 aromatic rings. The molecule has 0 amide bonds. The summed E-state index contributed by atoms with van der Waals surface area (Å²) >= 11 is 0. The summed E-state index contributed by atoms with van der Waals surface area (Å²) in [5, 5.41) is 3.35. The molecule has 1 N–H and O–H groups in total. The Bertz CT molecular complexity index is 545. The second kappa shape index (κ2) is 4.86. The molecule has 0 bridgehead atoms. The van der Waals surface area contributed by atoms with Gasteiger partial charge >= 0.3 is 0 Å². The van der Waals surface area contributed by atoms with Crippen molar-refractivity contribution in [1.29, 1.82) is 0 Å². The largest absolute Gasteiger partial charge is 0.378 e. The molecule has 1 aliphatic rings. The van der Waals surface area contributed by atoms with Gasteiger partial charge in [-0.3, -0.25) is 4.98 Å². The lowest BCUT2D eigenvalue weighted by atomic mass is 10.0. The van der Waals surface area contributed by atoms with Crippen LogP contribution >= 0.6 is 0 Å². The molecule has 5 nitrogen and oxygen atoms in total. The summed E-state index contributed by atoms with van der Waals surface area (Å²) in [4.78, 5) is 12.8. The Kier molecular flexibility index (Phi) is 3.06. The van der Waals surface area contributed by atoms with Crippen LogP contribution in [0.1, 0.15) is 13.3 Å². The Morgan fingerprint density at radius 3 is 3.06 bits per heavy atom. The molecule has 0 saturated carbocycles. The maximum Gasteiger partial charge on any atom is 0.180 e. The van der Waals surface area contributed by atoms with Gasteiger partial charge in [0, 0.05) is 31.5 Å². The Morgan fingerprint density at radius 1 is 1.33 bits per heavy atom. The lowest BCUT2D eigenvalue weighted by Crippen LogP contribution is -2.21. The molecule has 2 aromatic heterocycles. The van der Waals surface area contributed by atoms with Gasteiger partial charge in [-0.15, -0.1) is 0 Å². The normalized spacial score (nSPS) is 23.4. The summed E-state index contributed by atoms with van der Waals surface area (Å²) < 4.78 is 5.54. The molecular formula is C13H16N4O. The first-order valence-corrected chi connectivity index (χ1v) is 6.26. The van der Waals surface area contributed by atoms with E-state index in [-0.39, 0.29) is 0 Å². The van der Waals surface area contributed by atoms with Crippen molar-refractivity contribution >= 4 is 17.0 Å². The molecule has 2 atom stereocenters. The van der Waals surface area contributed by atoms with E-state index in [4.69, 9.17) is 4.74 Å². The van der Waals surface area contributed by atoms with E-state index in [0.717, 1.165) is 30.9 Å². The van der Waals surface area contributed by atoms with Crippen molar-refractivity contribution in [3.8, 4) is 0 Å². The lowest BCUT2D eigenvalue weighted by molar-refractivity contribution is 0.108. The lowest BCUT2D eigenvalue weighted by Gasteiger charge is -2.15. The molecule has 0 aliphatic carbocycles. The quantitative estimate of drug-likeness (QED) is 0.893. The monoisotopic (exact) mass is 244 g/mol. The van der Waals surface area contributed by atoms with Crippen LogP contribution in [0.2, 0.25) is 0 Å². The fourth-order valence-electron chi connectivity index (χ4n) is 2.23. The predicted molar refractivity (Wildman–Crippen MR) is 69.3 cm³/mol. The van der Waals surface area contributed by atoms with Crippen molar-refractivity contribution in [3.05, 3.63) is 24.5 Å². The number of fused-ring (bicyclic) bond motifs is 1. The van der Waals surface area contributed by atoms with Crippen molar-refractivity contribution in [2.24, 2.45) is 5.92 Å². The van der Waals surface area contributed by atoms with Gasteiger partial charge in [0.15, 0.2) is 5.65 Å². The van der Waals surface area contributed by atoms with Gasteiger partial charge in [-0.25, -0.2) is 9.97 Å². The molecule has 3 rings (SSSR count). The highest BCUT2D eigenvalue weighted by Crippen LogP contribution is 2.21. The number of aromatic nitrogens is 3. The highest BCUT2D eigenvalue weighted by atomic mass is 16.5. The minimum absolute atomic E-state index is 0.331. The van der Waals surface area contributed by atoms with Crippen LogP contribution in [0, 0.1) is 5.92 Å². The van der Waals surface area contributed by atoms with Gasteiger partial charge in [0.25, 0.3) is 0 Å². The Labute approximate surface area is 106 Å². The number of hydrogen-bond acceptors (Lipinski definition) is 5. The fourth-order valence-corrected chi connectivity index (χ4v) is 2.23. The summed E-state index contributed by atoms with van der Waals surface area (Å²) in [6.07, 6.45) is 4.78. The topological polar surface area (TPSA) is 59.9 Å². The maximum atomic E-state index is 5.54. The van der Waals surface area contributed by atoms with Gasteiger partial charge in [0.1, 0.15) is 11.3 Å². The van der Waals surface area contributed by atoms with Crippen LogP contribution in [0.25, 0.3) is 11.2 Å². The average molecular weight is 244 g/mol. The molecule has 5 heteroatoms. The molecular weight excluding hydrogens is 228 g/mol. The smallest absolute Gasteiger partial charge is 0.180 e. The van der Waals surface area contributed by atoms with E-state index in [1.165, 1.54) is 0 Å². The van der Waals surface area contributed by atoms with Crippen LogP contribution in [-0.2, 0) is 4.74 Å². The van der Waals surface area contributed by atoms with Crippen molar-refractivity contribution in [2.45, 2.75) is 19.4 Å². The summed E-state index contributed by atoms with van der Waals surface area (Å²) in [6.45, 7) is 3.88. The molecule has 0 aromatic carbocycles. The van der Waals surface area contributed by atoms with E-state index in [1.54, 1.807) is 12.4 Å². The van der Waals surface area contributed by atoms with Crippen LogP contribution < -0.4 is 5.32 Å². The second-order valence-electron chi connectivity index (χ2n) is 4.60. The molecule has 18 heavy (non-hydrogen) atoms. The van der Waals surface area contributed by atoms with Crippen molar-refractivity contribution in [3.63, 3.8) is 0 Å². The van der Waals surface area contributed by atoms with Crippen LogP contribution in [0.3, 0.4) is 0 Å². The number of anilines is 1. The molecule has 1 fully saturated rings. The Morgan fingerprint density at radius 2 is 2.22 bits per heavy atom. The van der Waals surface area contributed by atoms with E-state index in [0.29, 0.717) is 17.7 Å². The molecule has 2 unspecified atom stereocenters. The first-order valence-electron chi connectivity index (χ1n) is 6.26. The Balaban J connectivity index is 1.71. The number of ether oxygens (including phenoxy) is 1. The highest BCUT2D eigenvalue weighted by Gasteiger charge is 2.23. The van der Waals surface area contributed by atoms with Gasteiger partial charge < -0.3 is 10.1 Å². The SMILES string of the molecule is CC1OCCC1CNc1ccc2nccnc2n1. The zero-order valence-electron chi connectivity index (χ0n) is 10.3. The second-order valence-corrected chi connectivity index (χ2v) is 4.60. The third-order valence-corrected chi connectivity index (χ3v) is 3.41. The number of nitrogens with one attached hydrogen (secondary N) is 1. The van der Waals surface area contributed by atoms with Crippen molar-refractivity contribution < 1.29 is 4.74 Å². The Hall–Kier alpha value is -1.75. The first-order chi connectivity index (χ1) is 8.83. The third kappa shape index (κ3) is 2.26. The van der Waals surface area contributed by atoms with Crippen LogP contribution in [-0.4, -0.2) is 34.2 Å². The number of pyridine rings is 1. The van der Waals surface area contributed by atoms with E-state index in [2.05, 4.69) is 27.2 Å². The number of rotatable bonds is 3. The summed E-state index contributed by atoms with van der Waals surface area (Å²) in [7, 11) is 0. The van der Waals surface area contributed by atoms with Crippen LogP contribution in [0.15, 0.2) is 24.5 Å². The predicted octanol–water partition coefficient (Wildman–Crippen LogP) is 1.86. The summed E-state index contributed by atoms with van der Waals surface area (Å²) in [5.41, 5.74) is 1.50. The molecule has 1 aliphatic heterocycles. The molecule has 0 radical (unpaired) electrons. The van der Waals surface area contributed by atoms with Gasteiger partial charge in [0.2, 0.25) is 0 Å². The molecule has 3 heterocycles. The molecule has 0 spiro atoms. The van der Waals surface area contributed by atoms with Crippen molar-refractivity contribution in [2.75, 3.05) is 18.5 Å². The van der Waals surface area contributed by atoms with E-state index in [1.807, 2.05) is 12.1 Å². The van der Waals surface area contributed by atoms with Gasteiger partial charge in [-0.05, 0) is 25.5 Å².